The molecule has 126 valence electrons. The molecule has 2 aromatic carbocycles. The van der Waals surface area contributed by atoms with Crippen molar-refractivity contribution < 1.29 is 13.9 Å². The number of ether oxygens (including phenoxy) is 1. The SMILES string of the molecule is Cc1ccc(OCC(=O)C2CSc3c2c(=O)oc2ccccc32)cc1. The second-order valence-electron chi connectivity index (χ2n) is 6.06. The third-order valence-corrected chi connectivity index (χ3v) is 5.56. The Labute approximate surface area is 148 Å². The first-order valence-corrected chi connectivity index (χ1v) is 9.03. The van der Waals surface area contributed by atoms with Crippen LogP contribution in [0.5, 0.6) is 5.75 Å². The van der Waals surface area contributed by atoms with Gasteiger partial charge in [-0.25, -0.2) is 4.79 Å². The molecule has 4 nitrogen and oxygen atoms in total. The fourth-order valence-corrected chi connectivity index (χ4v) is 4.38. The maximum Gasteiger partial charge on any atom is 0.341 e. The van der Waals surface area contributed by atoms with Crippen LogP contribution >= 0.6 is 11.8 Å². The first kappa shape index (κ1) is 16.0. The molecule has 0 N–H and O–H groups in total. The Kier molecular flexibility index (Phi) is 4.09. The van der Waals surface area contributed by atoms with Crippen molar-refractivity contribution in [3.8, 4) is 5.75 Å². The van der Waals surface area contributed by atoms with E-state index in [9.17, 15) is 9.59 Å². The van der Waals surface area contributed by atoms with Crippen LogP contribution < -0.4 is 10.4 Å². The highest BCUT2D eigenvalue weighted by atomic mass is 32.2. The molecule has 1 unspecified atom stereocenters. The molecule has 1 aliphatic rings. The minimum atomic E-state index is -0.480. The van der Waals surface area contributed by atoms with Gasteiger partial charge in [-0.1, -0.05) is 35.9 Å². The van der Waals surface area contributed by atoms with Gasteiger partial charge in [0.1, 0.15) is 17.9 Å². The summed E-state index contributed by atoms with van der Waals surface area (Å²) in [7, 11) is 0. The van der Waals surface area contributed by atoms with Crippen LogP contribution in [0.25, 0.3) is 11.0 Å². The van der Waals surface area contributed by atoms with Crippen molar-refractivity contribution >= 4 is 28.5 Å². The zero-order chi connectivity index (χ0) is 17.4. The molecule has 1 aliphatic heterocycles. The van der Waals surface area contributed by atoms with Gasteiger partial charge in [0.2, 0.25) is 0 Å². The van der Waals surface area contributed by atoms with Crippen LogP contribution in [0.1, 0.15) is 17.0 Å². The standard InChI is InChI=1S/C20H16O4S/c1-12-6-8-13(9-7-12)23-10-16(21)15-11-25-19-14-4-2-3-5-17(14)24-20(22)18(15)19/h2-9,15H,10-11H2,1H3. The summed E-state index contributed by atoms with van der Waals surface area (Å²) < 4.78 is 11.0. The highest BCUT2D eigenvalue weighted by Crippen LogP contribution is 2.42. The van der Waals surface area contributed by atoms with Gasteiger partial charge in [0, 0.05) is 16.0 Å². The molecule has 0 saturated heterocycles. The van der Waals surface area contributed by atoms with Crippen molar-refractivity contribution in [1.82, 2.24) is 0 Å². The van der Waals surface area contributed by atoms with Crippen LogP contribution in [-0.4, -0.2) is 18.1 Å². The molecular weight excluding hydrogens is 336 g/mol. The van der Waals surface area contributed by atoms with Crippen LogP contribution in [0.2, 0.25) is 0 Å². The molecule has 0 spiro atoms. The summed E-state index contributed by atoms with van der Waals surface area (Å²) >= 11 is 1.54. The minimum absolute atomic E-state index is 0.0556. The number of rotatable bonds is 4. The summed E-state index contributed by atoms with van der Waals surface area (Å²) in [6, 6.07) is 15.0. The molecule has 2 heterocycles. The van der Waals surface area contributed by atoms with E-state index in [0.29, 0.717) is 22.6 Å². The highest BCUT2D eigenvalue weighted by molar-refractivity contribution is 8.00. The normalized spacial score (nSPS) is 16.0. The number of aryl methyl sites for hydroxylation is 1. The van der Waals surface area contributed by atoms with E-state index in [1.807, 2.05) is 49.4 Å². The number of hydrogen-bond acceptors (Lipinski definition) is 5. The third-order valence-electron chi connectivity index (χ3n) is 4.33. The fraction of sp³-hybridized carbons (Fsp3) is 0.200. The van der Waals surface area contributed by atoms with Crippen molar-refractivity contribution in [3.63, 3.8) is 0 Å². The Morgan fingerprint density at radius 3 is 2.76 bits per heavy atom. The van der Waals surface area contributed by atoms with Crippen molar-refractivity contribution in [1.29, 1.82) is 0 Å². The number of Topliss-reactive ketones (excluding diaryl/α,β-unsaturated/α-hetero) is 1. The van der Waals surface area contributed by atoms with Crippen LogP contribution in [0.15, 0.2) is 62.6 Å². The minimum Gasteiger partial charge on any atom is -0.486 e. The van der Waals surface area contributed by atoms with Crippen molar-refractivity contribution in [2.45, 2.75) is 17.7 Å². The Balaban J connectivity index is 1.59. The first-order chi connectivity index (χ1) is 12.1. The topological polar surface area (TPSA) is 56.5 Å². The van der Waals surface area contributed by atoms with Crippen molar-refractivity contribution in [3.05, 3.63) is 70.1 Å². The van der Waals surface area contributed by atoms with Gasteiger partial charge in [-0.3, -0.25) is 4.79 Å². The van der Waals surface area contributed by atoms with E-state index in [1.165, 1.54) is 11.8 Å². The number of hydrogen-bond donors (Lipinski definition) is 0. The molecule has 5 heteroatoms. The van der Waals surface area contributed by atoms with Crippen LogP contribution in [-0.2, 0) is 4.79 Å². The molecule has 0 fully saturated rings. The van der Waals surface area contributed by atoms with Gasteiger partial charge in [0.25, 0.3) is 0 Å². The molecule has 0 amide bonds. The van der Waals surface area contributed by atoms with Crippen molar-refractivity contribution in [2.24, 2.45) is 0 Å². The second-order valence-corrected chi connectivity index (χ2v) is 7.09. The highest BCUT2D eigenvalue weighted by Gasteiger charge is 2.34. The van der Waals surface area contributed by atoms with Gasteiger partial charge in [-0.15, -0.1) is 11.8 Å². The summed E-state index contributed by atoms with van der Waals surface area (Å²) in [6.45, 7) is 1.94. The molecule has 0 aliphatic carbocycles. The number of carbonyl (C=O) groups excluding carboxylic acids is 1. The zero-order valence-corrected chi connectivity index (χ0v) is 14.5. The van der Waals surface area contributed by atoms with Gasteiger partial charge >= 0.3 is 5.63 Å². The van der Waals surface area contributed by atoms with Gasteiger partial charge < -0.3 is 9.15 Å². The molecule has 0 saturated carbocycles. The van der Waals surface area contributed by atoms with Crippen LogP contribution in [0, 0.1) is 6.92 Å². The molecule has 0 bridgehead atoms. The lowest BCUT2D eigenvalue weighted by molar-refractivity contribution is -0.122. The summed E-state index contributed by atoms with van der Waals surface area (Å²) in [4.78, 5) is 25.9. The average Bonchev–Trinajstić information content (AvgIpc) is 3.07. The Hall–Kier alpha value is -2.53. The van der Waals surface area contributed by atoms with E-state index in [4.69, 9.17) is 9.15 Å². The molecule has 3 aromatic rings. The van der Waals surface area contributed by atoms with Crippen LogP contribution in [0.3, 0.4) is 0 Å². The lowest BCUT2D eigenvalue weighted by Crippen LogP contribution is -2.24. The molecule has 1 atom stereocenters. The second kappa shape index (κ2) is 6.41. The molecule has 4 rings (SSSR count). The summed E-state index contributed by atoms with van der Waals surface area (Å²) in [5, 5.41) is 0.886. The number of benzene rings is 2. The number of fused-ring (bicyclic) bond motifs is 3. The smallest absolute Gasteiger partial charge is 0.341 e. The predicted octanol–water partition coefficient (Wildman–Crippen LogP) is 3.94. The largest absolute Gasteiger partial charge is 0.486 e. The third kappa shape index (κ3) is 2.96. The first-order valence-electron chi connectivity index (χ1n) is 8.04. The van der Waals surface area contributed by atoms with E-state index in [-0.39, 0.29) is 12.4 Å². The summed E-state index contributed by atoms with van der Waals surface area (Å²) in [5.41, 5.74) is 1.74. The van der Waals surface area contributed by atoms with E-state index >= 15 is 0 Å². The quantitative estimate of drug-likeness (QED) is 0.666. The number of para-hydroxylation sites is 1. The van der Waals surface area contributed by atoms with Crippen LogP contribution in [0.4, 0.5) is 0 Å². The van der Waals surface area contributed by atoms with E-state index in [1.54, 1.807) is 6.07 Å². The van der Waals surface area contributed by atoms with Crippen molar-refractivity contribution in [2.75, 3.05) is 12.4 Å². The maximum absolute atomic E-state index is 12.6. The number of carbonyl (C=O) groups is 1. The van der Waals surface area contributed by atoms with Gasteiger partial charge in [-0.05, 0) is 25.1 Å². The van der Waals surface area contributed by atoms with E-state index in [2.05, 4.69) is 0 Å². The monoisotopic (exact) mass is 352 g/mol. The molecule has 1 aromatic heterocycles. The van der Waals surface area contributed by atoms with E-state index in [0.717, 1.165) is 15.8 Å². The lowest BCUT2D eigenvalue weighted by atomic mass is 9.97. The number of ketones is 1. The van der Waals surface area contributed by atoms with Gasteiger partial charge in [0.05, 0.1) is 11.5 Å². The molecule has 0 radical (unpaired) electrons. The molecule has 25 heavy (non-hydrogen) atoms. The van der Waals surface area contributed by atoms with Gasteiger partial charge in [0.15, 0.2) is 5.78 Å². The van der Waals surface area contributed by atoms with Gasteiger partial charge in [-0.2, -0.15) is 0 Å². The maximum atomic E-state index is 12.6. The Bertz CT molecular complexity index is 1000. The predicted molar refractivity (Wildman–Crippen MR) is 97.6 cm³/mol. The lowest BCUT2D eigenvalue weighted by Gasteiger charge is -2.10. The van der Waals surface area contributed by atoms with E-state index < -0.39 is 11.5 Å². The zero-order valence-electron chi connectivity index (χ0n) is 13.7. The summed E-state index contributed by atoms with van der Waals surface area (Å²) in [6.07, 6.45) is 0. The number of thioether (sulfide) groups is 1. The fourth-order valence-electron chi connectivity index (χ4n) is 2.99. The summed E-state index contributed by atoms with van der Waals surface area (Å²) in [5.74, 6) is 0.612. The Morgan fingerprint density at radius 2 is 1.96 bits per heavy atom. The average molecular weight is 352 g/mol. The Morgan fingerprint density at radius 1 is 1.20 bits per heavy atom. The molecular formula is C20H16O4S.